The van der Waals surface area contributed by atoms with Gasteiger partial charge in [0.25, 0.3) is 0 Å². The molecule has 0 aromatic rings. The molecule has 146 valence electrons. The Morgan fingerprint density at radius 2 is 1.17 bits per heavy atom. The first-order chi connectivity index (χ1) is 11.3. The third-order valence-electron chi connectivity index (χ3n) is 3.04. The third-order valence-corrected chi connectivity index (χ3v) is 3.04. The molecule has 0 heterocycles. The summed E-state index contributed by atoms with van der Waals surface area (Å²) in [7, 11) is 0. The van der Waals surface area contributed by atoms with E-state index in [2.05, 4.69) is 13.8 Å². The smallest absolute Gasteiger partial charge is 0.303 e. The first-order valence-electron chi connectivity index (χ1n) is 9.04. The zero-order valence-electron chi connectivity index (χ0n) is 15.7. The van der Waals surface area contributed by atoms with Crippen LogP contribution in [0.2, 0.25) is 0 Å². The molecule has 0 amide bonds. The van der Waals surface area contributed by atoms with E-state index < -0.39 is 11.9 Å². The minimum absolute atomic E-state index is 0.0810. The van der Waals surface area contributed by atoms with Gasteiger partial charge < -0.3 is 20.4 Å². The minimum Gasteiger partial charge on any atom is -0.481 e. The van der Waals surface area contributed by atoms with Crippen LogP contribution < -0.4 is 0 Å². The van der Waals surface area contributed by atoms with Crippen LogP contribution >= 0.6 is 0 Å². The van der Waals surface area contributed by atoms with Crippen molar-refractivity contribution in [3.8, 4) is 0 Å². The number of rotatable bonds is 12. The van der Waals surface area contributed by atoms with Gasteiger partial charge in [0.05, 0.1) is 6.10 Å². The molecule has 0 aromatic carbocycles. The van der Waals surface area contributed by atoms with E-state index in [1.165, 1.54) is 12.8 Å². The number of aliphatic carboxylic acids is 2. The van der Waals surface area contributed by atoms with Crippen LogP contribution in [0, 0.1) is 0 Å². The summed E-state index contributed by atoms with van der Waals surface area (Å²) in [5.41, 5.74) is 0. The molecule has 4 N–H and O–H groups in total. The zero-order valence-corrected chi connectivity index (χ0v) is 15.7. The summed E-state index contributed by atoms with van der Waals surface area (Å²) in [6.07, 6.45) is 9.24. The Kier molecular flexibility index (Phi) is 27.8. The molecule has 0 spiro atoms. The van der Waals surface area contributed by atoms with Crippen molar-refractivity contribution in [3.05, 3.63) is 0 Å². The molecule has 0 bridgehead atoms. The van der Waals surface area contributed by atoms with Gasteiger partial charge in [0, 0.05) is 19.4 Å². The number of unbranched alkanes of at least 4 members (excludes halogenated alkanes) is 6. The number of carboxylic acids is 2. The van der Waals surface area contributed by atoms with Crippen LogP contribution in [0.5, 0.6) is 0 Å². The number of hydrogen-bond acceptors (Lipinski definition) is 4. The maximum atomic E-state index is 9.96. The van der Waals surface area contributed by atoms with Crippen molar-refractivity contribution >= 4 is 11.9 Å². The van der Waals surface area contributed by atoms with E-state index in [0.29, 0.717) is 19.3 Å². The van der Waals surface area contributed by atoms with Crippen LogP contribution in [-0.2, 0) is 9.59 Å². The molecule has 0 aliphatic heterocycles. The molecular weight excluding hydrogens is 312 g/mol. The molecule has 0 fully saturated rings. The molecule has 0 aromatic heterocycles. The predicted molar refractivity (Wildman–Crippen MR) is 96.2 cm³/mol. The number of carboxylic acid groups (broad SMARTS) is 2. The van der Waals surface area contributed by atoms with Crippen molar-refractivity contribution in [1.82, 2.24) is 0 Å². The Morgan fingerprint density at radius 3 is 1.33 bits per heavy atom. The highest BCUT2D eigenvalue weighted by Crippen LogP contribution is 2.01. The van der Waals surface area contributed by atoms with Crippen molar-refractivity contribution < 1.29 is 30.0 Å². The van der Waals surface area contributed by atoms with Crippen molar-refractivity contribution in [2.24, 2.45) is 0 Å². The lowest BCUT2D eigenvalue weighted by Crippen LogP contribution is -2.00. The number of aliphatic hydroxyl groups is 2. The van der Waals surface area contributed by atoms with E-state index in [4.69, 9.17) is 20.4 Å². The lowest BCUT2D eigenvalue weighted by molar-refractivity contribution is -0.138. The van der Waals surface area contributed by atoms with E-state index in [1.54, 1.807) is 6.92 Å². The van der Waals surface area contributed by atoms with Gasteiger partial charge in [-0.1, -0.05) is 52.4 Å². The van der Waals surface area contributed by atoms with Crippen LogP contribution in [0.3, 0.4) is 0 Å². The van der Waals surface area contributed by atoms with Crippen molar-refractivity contribution in [1.29, 1.82) is 0 Å². The molecule has 1 unspecified atom stereocenters. The van der Waals surface area contributed by atoms with Gasteiger partial charge in [0.1, 0.15) is 0 Å². The molecule has 0 radical (unpaired) electrons. The van der Waals surface area contributed by atoms with Crippen molar-refractivity contribution in [3.63, 3.8) is 0 Å². The van der Waals surface area contributed by atoms with Gasteiger partial charge in [-0.25, -0.2) is 0 Å². The van der Waals surface area contributed by atoms with E-state index >= 15 is 0 Å². The molecule has 6 nitrogen and oxygen atoms in total. The van der Waals surface area contributed by atoms with Crippen LogP contribution in [0.1, 0.15) is 91.4 Å². The molecule has 24 heavy (non-hydrogen) atoms. The highest BCUT2D eigenvalue weighted by atomic mass is 16.4. The topological polar surface area (TPSA) is 115 Å². The van der Waals surface area contributed by atoms with E-state index in [9.17, 15) is 9.59 Å². The summed E-state index contributed by atoms with van der Waals surface area (Å²) < 4.78 is 0. The zero-order chi connectivity index (χ0) is 19.2. The molecule has 0 saturated heterocycles. The van der Waals surface area contributed by atoms with Gasteiger partial charge in [-0.05, 0) is 26.2 Å². The summed E-state index contributed by atoms with van der Waals surface area (Å²) in [6.45, 7) is 5.95. The van der Waals surface area contributed by atoms with Crippen molar-refractivity contribution in [2.75, 3.05) is 6.61 Å². The van der Waals surface area contributed by atoms with E-state index in [-0.39, 0.29) is 12.7 Å². The standard InChI is InChI=1S/2C7H14O2.C4H10O2/c2*1-2-3-4-5-6-7(8)9;1-4(6)2-3-5/h2*2-6H2,1H3,(H,8,9);4-6H,2-3H2,1H3. The molecule has 0 saturated carbocycles. The summed E-state index contributed by atoms with van der Waals surface area (Å²) in [5.74, 6) is -1.35. The third kappa shape index (κ3) is 42.8. The van der Waals surface area contributed by atoms with Crippen molar-refractivity contribution in [2.45, 2.75) is 97.5 Å². The molecule has 0 rings (SSSR count). The fourth-order valence-electron chi connectivity index (χ4n) is 1.59. The largest absolute Gasteiger partial charge is 0.481 e. The average molecular weight is 350 g/mol. The Hall–Kier alpha value is -1.14. The normalized spacial score (nSPS) is 10.7. The van der Waals surface area contributed by atoms with Gasteiger partial charge in [-0.3, -0.25) is 9.59 Å². The van der Waals surface area contributed by atoms with E-state index in [0.717, 1.165) is 38.5 Å². The van der Waals surface area contributed by atoms with Gasteiger partial charge in [0.15, 0.2) is 0 Å². The first-order valence-corrected chi connectivity index (χ1v) is 9.04. The Balaban J connectivity index is -0.000000282. The Labute approximate surface area is 146 Å². The Morgan fingerprint density at radius 1 is 0.792 bits per heavy atom. The quantitative estimate of drug-likeness (QED) is 0.398. The highest BCUT2D eigenvalue weighted by molar-refractivity contribution is 5.66. The lowest BCUT2D eigenvalue weighted by Gasteiger charge is -1.95. The second kappa shape index (κ2) is 24.1. The van der Waals surface area contributed by atoms with Crippen LogP contribution in [-0.4, -0.2) is 45.1 Å². The fraction of sp³-hybridized carbons (Fsp3) is 0.889. The number of aliphatic hydroxyl groups excluding tert-OH is 2. The average Bonchev–Trinajstić information content (AvgIpc) is 2.49. The van der Waals surface area contributed by atoms with Crippen LogP contribution in [0.4, 0.5) is 0 Å². The van der Waals surface area contributed by atoms with E-state index in [1.807, 2.05) is 0 Å². The summed E-state index contributed by atoms with van der Waals surface area (Å²) in [6, 6.07) is 0. The van der Waals surface area contributed by atoms with Gasteiger partial charge in [0.2, 0.25) is 0 Å². The maximum absolute atomic E-state index is 9.96. The maximum Gasteiger partial charge on any atom is 0.303 e. The summed E-state index contributed by atoms with van der Waals surface area (Å²) in [4.78, 5) is 19.9. The highest BCUT2D eigenvalue weighted by Gasteiger charge is 1.94. The second-order valence-electron chi connectivity index (χ2n) is 5.77. The second-order valence-corrected chi connectivity index (χ2v) is 5.77. The van der Waals surface area contributed by atoms with Crippen LogP contribution in [0.15, 0.2) is 0 Å². The SMILES string of the molecule is CC(O)CCO.CCCCCCC(=O)O.CCCCCCC(=O)O. The molecular formula is C18H38O6. The number of carbonyl (C=O) groups is 2. The van der Waals surface area contributed by atoms with Crippen LogP contribution in [0.25, 0.3) is 0 Å². The van der Waals surface area contributed by atoms with Gasteiger partial charge >= 0.3 is 11.9 Å². The van der Waals surface area contributed by atoms with Gasteiger partial charge in [-0.15, -0.1) is 0 Å². The van der Waals surface area contributed by atoms with Gasteiger partial charge in [-0.2, -0.15) is 0 Å². The first kappa shape index (κ1) is 27.7. The fourth-order valence-corrected chi connectivity index (χ4v) is 1.59. The molecule has 1 atom stereocenters. The monoisotopic (exact) mass is 350 g/mol. The molecule has 6 heteroatoms. The number of hydrogen-bond donors (Lipinski definition) is 4. The molecule has 0 aliphatic rings. The summed E-state index contributed by atoms with van der Waals surface area (Å²) in [5, 5.41) is 32.9. The lowest BCUT2D eigenvalue weighted by atomic mass is 10.2. The molecule has 0 aliphatic carbocycles. The minimum atomic E-state index is -0.675. The predicted octanol–water partition coefficient (Wildman–Crippen LogP) is 3.83. The summed E-state index contributed by atoms with van der Waals surface area (Å²) >= 11 is 0. The Bertz CT molecular complexity index is 244.